The number of rotatable bonds is 4. The number of aromatic nitrogens is 2. The molecule has 0 atom stereocenters. The first-order valence-corrected chi connectivity index (χ1v) is 11.5. The smallest absolute Gasteiger partial charge is 0.260 e. The molecule has 0 saturated carbocycles. The van der Waals surface area contributed by atoms with Crippen LogP contribution in [0.4, 0.5) is 22.9 Å². The van der Waals surface area contributed by atoms with Crippen molar-refractivity contribution in [3.63, 3.8) is 0 Å². The number of nitrogens with zero attached hydrogens (tertiary/aromatic N) is 6. The van der Waals surface area contributed by atoms with Crippen LogP contribution in [0.25, 0.3) is 0 Å². The number of benzene rings is 2. The summed E-state index contributed by atoms with van der Waals surface area (Å²) in [6.07, 6.45) is 2.27. The largest absolute Gasteiger partial charge is 0.496 e. The van der Waals surface area contributed by atoms with Crippen LogP contribution in [0, 0.1) is 0 Å². The standard InChI is InChI=1S/C26H30N6O2/c1-29-11-13-32(14-12-29)19-10-9-18(23(16-19)34-4)15-24-27-17-22-25(28-24)30(2)21-8-6-5-7-20(21)26(33)31(22)3/h5-10,16-17H,11-15H2,1-4H3. The maximum absolute atomic E-state index is 13.0. The molecular formula is C26H30N6O2. The lowest BCUT2D eigenvalue weighted by atomic mass is 10.1. The average Bonchev–Trinajstić information content (AvgIpc) is 2.94. The molecule has 5 rings (SSSR count). The zero-order valence-corrected chi connectivity index (χ0v) is 20.2. The average molecular weight is 459 g/mol. The Kier molecular flexibility index (Phi) is 5.83. The molecule has 0 spiro atoms. The summed E-state index contributed by atoms with van der Waals surface area (Å²) in [5, 5.41) is 0. The Hall–Kier alpha value is -3.65. The number of amides is 1. The van der Waals surface area contributed by atoms with Gasteiger partial charge >= 0.3 is 0 Å². The van der Waals surface area contributed by atoms with E-state index < -0.39 is 0 Å². The van der Waals surface area contributed by atoms with Crippen LogP contribution in [0.15, 0.2) is 48.7 Å². The van der Waals surface area contributed by atoms with Crippen LogP contribution in [0.5, 0.6) is 5.75 Å². The first-order valence-electron chi connectivity index (χ1n) is 11.5. The zero-order chi connectivity index (χ0) is 23.8. The second kappa shape index (κ2) is 8.95. The third-order valence-electron chi connectivity index (χ3n) is 6.77. The Bertz CT molecular complexity index is 1220. The third-order valence-corrected chi connectivity index (χ3v) is 6.77. The number of methoxy groups -OCH3 is 1. The lowest BCUT2D eigenvalue weighted by Crippen LogP contribution is -2.44. The molecule has 0 radical (unpaired) electrons. The molecule has 34 heavy (non-hydrogen) atoms. The number of hydrogen-bond acceptors (Lipinski definition) is 7. The highest BCUT2D eigenvalue weighted by Crippen LogP contribution is 2.37. The van der Waals surface area contributed by atoms with Crippen LogP contribution in [-0.4, -0.2) is 75.2 Å². The Balaban J connectivity index is 1.45. The minimum atomic E-state index is -0.0706. The molecule has 1 fully saturated rings. The van der Waals surface area contributed by atoms with Gasteiger partial charge in [0.25, 0.3) is 5.91 Å². The number of piperazine rings is 1. The van der Waals surface area contributed by atoms with Crippen LogP contribution in [0.2, 0.25) is 0 Å². The van der Waals surface area contributed by atoms with Gasteiger partial charge in [0.1, 0.15) is 17.3 Å². The molecule has 2 aliphatic rings. The Morgan fingerprint density at radius 1 is 0.941 bits per heavy atom. The normalized spacial score (nSPS) is 16.2. The number of para-hydroxylation sites is 1. The van der Waals surface area contributed by atoms with Crippen LogP contribution in [0.1, 0.15) is 21.7 Å². The van der Waals surface area contributed by atoms with E-state index in [-0.39, 0.29) is 5.91 Å². The van der Waals surface area contributed by atoms with E-state index in [4.69, 9.17) is 9.72 Å². The van der Waals surface area contributed by atoms with Crippen molar-refractivity contribution >= 4 is 28.8 Å². The van der Waals surface area contributed by atoms with Crippen molar-refractivity contribution in [3.05, 3.63) is 65.6 Å². The minimum Gasteiger partial charge on any atom is -0.496 e. The predicted molar refractivity (Wildman–Crippen MR) is 135 cm³/mol. The fraction of sp³-hybridized carbons (Fsp3) is 0.346. The van der Waals surface area contributed by atoms with Gasteiger partial charge in [-0.1, -0.05) is 18.2 Å². The van der Waals surface area contributed by atoms with Gasteiger partial charge in [-0.05, 0) is 25.2 Å². The van der Waals surface area contributed by atoms with Crippen molar-refractivity contribution in [2.75, 3.05) is 69.1 Å². The van der Waals surface area contributed by atoms with Crippen LogP contribution in [0.3, 0.4) is 0 Å². The number of fused-ring (bicyclic) bond motifs is 2. The molecule has 8 heteroatoms. The van der Waals surface area contributed by atoms with Gasteiger partial charge in [0.05, 0.1) is 24.6 Å². The van der Waals surface area contributed by atoms with Crippen LogP contribution < -0.4 is 19.4 Å². The van der Waals surface area contributed by atoms with Gasteiger partial charge < -0.3 is 24.3 Å². The van der Waals surface area contributed by atoms with Gasteiger partial charge in [-0.3, -0.25) is 4.79 Å². The first kappa shape index (κ1) is 22.2. The summed E-state index contributed by atoms with van der Waals surface area (Å²) in [4.78, 5) is 30.8. The van der Waals surface area contributed by atoms with E-state index >= 15 is 0 Å². The molecule has 0 unspecified atom stereocenters. The Labute approximate surface area is 200 Å². The van der Waals surface area contributed by atoms with Crippen molar-refractivity contribution in [2.45, 2.75) is 6.42 Å². The van der Waals surface area contributed by atoms with E-state index in [1.54, 1.807) is 25.3 Å². The summed E-state index contributed by atoms with van der Waals surface area (Å²) >= 11 is 0. The van der Waals surface area contributed by atoms with Gasteiger partial charge in [0, 0.05) is 64.0 Å². The molecule has 1 amide bonds. The molecule has 8 nitrogen and oxygen atoms in total. The Morgan fingerprint density at radius 3 is 2.47 bits per heavy atom. The quantitative estimate of drug-likeness (QED) is 0.595. The van der Waals surface area contributed by atoms with Gasteiger partial charge in [-0.2, -0.15) is 0 Å². The second-order valence-electron chi connectivity index (χ2n) is 8.90. The van der Waals surface area contributed by atoms with E-state index in [1.165, 1.54) is 5.69 Å². The fourth-order valence-corrected chi connectivity index (χ4v) is 4.63. The molecule has 1 aromatic heterocycles. The monoisotopic (exact) mass is 458 g/mol. The first-order chi connectivity index (χ1) is 16.5. The van der Waals surface area contributed by atoms with E-state index in [0.29, 0.717) is 29.3 Å². The van der Waals surface area contributed by atoms with Crippen molar-refractivity contribution < 1.29 is 9.53 Å². The van der Waals surface area contributed by atoms with Crippen molar-refractivity contribution in [1.29, 1.82) is 0 Å². The van der Waals surface area contributed by atoms with Crippen LogP contribution >= 0.6 is 0 Å². The lowest BCUT2D eigenvalue weighted by molar-refractivity contribution is 0.0994. The van der Waals surface area contributed by atoms with Gasteiger partial charge in [0.15, 0.2) is 5.82 Å². The van der Waals surface area contributed by atoms with Gasteiger partial charge in [-0.15, -0.1) is 0 Å². The maximum Gasteiger partial charge on any atom is 0.260 e. The minimum absolute atomic E-state index is 0.0706. The maximum atomic E-state index is 13.0. The van der Waals surface area contributed by atoms with Crippen molar-refractivity contribution in [1.82, 2.24) is 14.9 Å². The summed E-state index contributed by atoms with van der Waals surface area (Å²) in [7, 11) is 7.56. The fourth-order valence-electron chi connectivity index (χ4n) is 4.63. The van der Waals surface area contributed by atoms with Crippen LogP contribution in [-0.2, 0) is 6.42 Å². The molecular weight excluding hydrogens is 428 g/mol. The number of carbonyl (C=O) groups is 1. The lowest BCUT2D eigenvalue weighted by Gasteiger charge is -2.34. The number of likely N-dealkylation sites (N-methyl/N-ethyl adjacent to an activating group) is 1. The van der Waals surface area contributed by atoms with Crippen molar-refractivity contribution in [3.8, 4) is 5.75 Å². The molecule has 0 N–H and O–H groups in total. The van der Waals surface area contributed by atoms with E-state index in [9.17, 15) is 4.79 Å². The SMILES string of the molecule is COc1cc(N2CCN(C)CC2)ccc1Cc1ncc2c(n1)N(C)c1ccccc1C(=O)N2C. The topological polar surface area (TPSA) is 65.0 Å². The number of ether oxygens (including phenoxy) is 1. The number of hydrogen-bond donors (Lipinski definition) is 0. The summed E-state index contributed by atoms with van der Waals surface area (Å²) in [5.74, 6) is 2.15. The summed E-state index contributed by atoms with van der Waals surface area (Å²) in [6, 6.07) is 14.0. The third kappa shape index (κ3) is 3.94. The molecule has 0 aliphatic carbocycles. The highest BCUT2D eigenvalue weighted by atomic mass is 16.5. The van der Waals surface area contributed by atoms with Gasteiger partial charge in [-0.25, -0.2) is 9.97 Å². The molecule has 0 bridgehead atoms. The molecule has 2 aromatic carbocycles. The predicted octanol–water partition coefficient (Wildman–Crippen LogP) is 3.19. The highest BCUT2D eigenvalue weighted by molar-refractivity contribution is 6.13. The molecule has 3 aromatic rings. The molecule has 2 aliphatic heterocycles. The van der Waals surface area contributed by atoms with Crippen molar-refractivity contribution in [2.24, 2.45) is 0 Å². The summed E-state index contributed by atoms with van der Waals surface area (Å²) in [6.45, 7) is 4.13. The second-order valence-corrected chi connectivity index (χ2v) is 8.90. The number of carbonyl (C=O) groups excluding carboxylic acids is 1. The molecule has 1 saturated heterocycles. The van der Waals surface area contributed by atoms with E-state index in [2.05, 4.69) is 40.0 Å². The highest BCUT2D eigenvalue weighted by Gasteiger charge is 2.28. The summed E-state index contributed by atoms with van der Waals surface area (Å²) < 4.78 is 5.75. The summed E-state index contributed by atoms with van der Waals surface area (Å²) in [5.41, 5.74) is 4.37. The Morgan fingerprint density at radius 2 is 1.71 bits per heavy atom. The zero-order valence-electron chi connectivity index (χ0n) is 20.2. The molecule has 3 heterocycles. The van der Waals surface area contributed by atoms with E-state index in [0.717, 1.165) is 43.2 Å². The molecule has 176 valence electrons. The van der Waals surface area contributed by atoms with Gasteiger partial charge in [0.2, 0.25) is 0 Å². The van der Waals surface area contributed by atoms with E-state index in [1.807, 2.05) is 36.2 Å². The number of anilines is 4.